The summed E-state index contributed by atoms with van der Waals surface area (Å²) in [5, 5.41) is 9.71. The Balaban J connectivity index is 2.47. The van der Waals surface area contributed by atoms with Crippen LogP contribution in [0.25, 0.3) is 10.9 Å². The van der Waals surface area contributed by atoms with E-state index in [-0.39, 0.29) is 19.1 Å². The van der Waals surface area contributed by atoms with E-state index in [1.54, 1.807) is 13.1 Å². The fourth-order valence-electron chi connectivity index (χ4n) is 1.85. The Hall–Kier alpha value is -2.18. The summed E-state index contributed by atoms with van der Waals surface area (Å²) < 4.78 is 0. The molecule has 1 heterocycles. The number of para-hydroxylation sites is 1. The molecular weight excluding hydrogens is 244 g/mol. The number of fused-ring (bicyclic) bond motifs is 1. The van der Waals surface area contributed by atoms with E-state index in [1.165, 1.54) is 4.90 Å². The van der Waals surface area contributed by atoms with Crippen LogP contribution in [0.3, 0.4) is 0 Å². The number of carbonyl (C=O) groups excluding carboxylic acids is 1. The highest BCUT2D eigenvalue weighted by molar-refractivity contribution is 5.99. The molecule has 4 N–H and O–H groups in total. The number of aliphatic hydroxyl groups is 1. The number of anilines is 1. The van der Waals surface area contributed by atoms with E-state index in [1.807, 2.05) is 24.3 Å². The van der Waals surface area contributed by atoms with Gasteiger partial charge in [-0.15, -0.1) is 0 Å². The Morgan fingerprint density at radius 1 is 1.47 bits per heavy atom. The minimum absolute atomic E-state index is 0.0855. The van der Waals surface area contributed by atoms with Crippen molar-refractivity contribution in [2.24, 2.45) is 5.84 Å². The molecule has 0 atom stereocenters. The van der Waals surface area contributed by atoms with Crippen LogP contribution in [-0.2, 0) is 0 Å². The van der Waals surface area contributed by atoms with E-state index in [2.05, 4.69) is 10.4 Å². The summed E-state index contributed by atoms with van der Waals surface area (Å²) in [5.74, 6) is 5.22. The number of aliphatic hydroxyl groups excluding tert-OH is 1. The molecule has 0 saturated heterocycles. The molecule has 0 fully saturated rings. The molecule has 1 amide bonds. The lowest BCUT2D eigenvalue weighted by Crippen LogP contribution is -2.30. The summed E-state index contributed by atoms with van der Waals surface area (Å²) in [6.45, 7) is 0.177. The van der Waals surface area contributed by atoms with Crippen molar-refractivity contribution >= 4 is 22.5 Å². The number of benzene rings is 1. The number of carbonyl (C=O) groups is 1. The van der Waals surface area contributed by atoms with E-state index >= 15 is 0 Å². The molecule has 1 aromatic carbocycles. The maximum atomic E-state index is 12.1. The zero-order valence-electron chi connectivity index (χ0n) is 10.6. The third-order valence-electron chi connectivity index (χ3n) is 2.87. The molecule has 0 spiro atoms. The van der Waals surface area contributed by atoms with Gasteiger partial charge in [-0.1, -0.05) is 18.2 Å². The van der Waals surface area contributed by atoms with Crippen molar-refractivity contribution in [2.45, 2.75) is 0 Å². The van der Waals surface area contributed by atoms with Gasteiger partial charge in [0.1, 0.15) is 5.69 Å². The van der Waals surface area contributed by atoms with Crippen LogP contribution in [0.2, 0.25) is 0 Å². The van der Waals surface area contributed by atoms with Crippen molar-refractivity contribution in [3.8, 4) is 0 Å². The van der Waals surface area contributed by atoms with Crippen molar-refractivity contribution in [2.75, 3.05) is 25.6 Å². The van der Waals surface area contributed by atoms with Gasteiger partial charge in [0.2, 0.25) is 0 Å². The fraction of sp³-hybridized carbons (Fsp3) is 0.231. The molecule has 1 aromatic heterocycles. The Morgan fingerprint density at radius 3 is 2.89 bits per heavy atom. The maximum absolute atomic E-state index is 12.1. The average Bonchev–Trinajstić information content (AvgIpc) is 2.45. The Labute approximate surface area is 110 Å². The first-order valence-corrected chi connectivity index (χ1v) is 5.90. The van der Waals surface area contributed by atoms with Crippen LogP contribution < -0.4 is 11.3 Å². The van der Waals surface area contributed by atoms with E-state index in [4.69, 9.17) is 10.9 Å². The number of nitrogens with two attached hydrogens (primary N) is 1. The highest BCUT2D eigenvalue weighted by Crippen LogP contribution is 2.22. The fourth-order valence-corrected chi connectivity index (χ4v) is 1.85. The molecule has 0 aliphatic rings. The van der Waals surface area contributed by atoms with Gasteiger partial charge in [-0.25, -0.2) is 4.98 Å². The van der Waals surface area contributed by atoms with Gasteiger partial charge in [0.15, 0.2) is 0 Å². The van der Waals surface area contributed by atoms with E-state index in [0.29, 0.717) is 16.9 Å². The summed E-state index contributed by atoms with van der Waals surface area (Å²) in [4.78, 5) is 17.9. The number of nitrogens with zero attached hydrogens (tertiary/aromatic N) is 2. The van der Waals surface area contributed by atoms with Gasteiger partial charge in [-0.3, -0.25) is 10.6 Å². The van der Waals surface area contributed by atoms with Crippen LogP contribution in [0.1, 0.15) is 10.5 Å². The van der Waals surface area contributed by atoms with Gasteiger partial charge in [-0.2, -0.15) is 0 Å². The number of hydrogen-bond acceptors (Lipinski definition) is 5. The second-order valence-corrected chi connectivity index (χ2v) is 4.17. The number of likely N-dealkylation sites (N-methyl/N-ethyl adjacent to an activating group) is 1. The number of amides is 1. The molecule has 19 heavy (non-hydrogen) atoms. The normalized spacial score (nSPS) is 10.5. The predicted octanol–water partition coefficient (Wildman–Crippen LogP) is 0.585. The van der Waals surface area contributed by atoms with Crippen LogP contribution >= 0.6 is 0 Å². The van der Waals surface area contributed by atoms with Gasteiger partial charge in [0.25, 0.3) is 5.91 Å². The highest BCUT2D eigenvalue weighted by Gasteiger charge is 2.15. The summed E-state index contributed by atoms with van der Waals surface area (Å²) >= 11 is 0. The summed E-state index contributed by atoms with van der Waals surface area (Å²) in [6.07, 6.45) is 0. The summed E-state index contributed by atoms with van der Waals surface area (Å²) in [7, 11) is 1.62. The zero-order valence-corrected chi connectivity index (χ0v) is 10.6. The molecular formula is C13H16N4O2. The molecule has 2 aromatic rings. The van der Waals surface area contributed by atoms with Crippen LogP contribution in [0.5, 0.6) is 0 Å². The second kappa shape index (κ2) is 5.64. The third-order valence-corrected chi connectivity index (χ3v) is 2.87. The maximum Gasteiger partial charge on any atom is 0.272 e. The first-order chi connectivity index (χ1) is 9.17. The molecule has 0 unspecified atom stereocenters. The van der Waals surface area contributed by atoms with E-state index in [9.17, 15) is 4.79 Å². The van der Waals surface area contributed by atoms with Crippen molar-refractivity contribution in [1.82, 2.24) is 9.88 Å². The number of pyridine rings is 1. The first-order valence-electron chi connectivity index (χ1n) is 5.90. The molecule has 6 nitrogen and oxygen atoms in total. The molecule has 0 bridgehead atoms. The van der Waals surface area contributed by atoms with E-state index in [0.717, 1.165) is 5.39 Å². The minimum atomic E-state index is -0.253. The molecule has 6 heteroatoms. The molecule has 2 rings (SSSR count). The third kappa shape index (κ3) is 2.64. The van der Waals surface area contributed by atoms with Crippen molar-refractivity contribution in [3.05, 3.63) is 36.0 Å². The number of hydrazine groups is 1. The van der Waals surface area contributed by atoms with Crippen LogP contribution in [0.15, 0.2) is 30.3 Å². The number of nitrogens with one attached hydrogen (secondary N) is 1. The van der Waals surface area contributed by atoms with Crippen LogP contribution in [-0.4, -0.2) is 41.1 Å². The van der Waals surface area contributed by atoms with Gasteiger partial charge < -0.3 is 15.4 Å². The molecule has 0 aliphatic carbocycles. The SMILES string of the molecule is CN(CCO)C(=O)c1cc(NN)c2ccccc2n1. The second-order valence-electron chi connectivity index (χ2n) is 4.17. The minimum Gasteiger partial charge on any atom is -0.395 e. The number of hydrogen-bond donors (Lipinski definition) is 3. The van der Waals surface area contributed by atoms with Crippen molar-refractivity contribution in [1.29, 1.82) is 0 Å². The molecule has 0 aliphatic heterocycles. The lowest BCUT2D eigenvalue weighted by molar-refractivity contribution is 0.0761. The first kappa shape index (κ1) is 13.3. The van der Waals surface area contributed by atoms with Gasteiger partial charge >= 0.3 is 0 Å². The number of aromatic nitrogens is 1. The number of rotatable bonds is 4. The van der Waals surface area contributed by atoms with E-state index < -0.39 is 0 Å². The highest BCUT2D eigenvalue weighted by atomic mass is 16.3. The quantitative estimate of drug-likeness (QED) is 0.552. The van der Waals surface area contributed by atoms with Crippen LogP contribution in [0.4, 0.5) is 5.69 Å². The largest absolute Gasteiger partial charge is 0.395 e. The van der Waals surface area contributed by atoms with Crippen molar-refractivity contribution < 1.29 is 9.90 Å². The van der Waals surface area contributed by atoms with Crippen LogP contribution in [0, 0.1) is 0 Å². The Bertz CT molecular complexity index is 600. The number of nitrogen functional groups attached to an aromatic ring is 1. The summed E-state index contributed by atoms with van der Waals surface area (Å²) in [5.41, 5.74) is 4.21. The Kier molecular flexibility index (Phi) is 3.94. The smallest absolute Gasteiger partial charge is 0.272 e. The predicted molar refractivity (Wildman–Crippen MR) is 73.6 cm³/mol. The van der Waals surface area contributed by atoms with Gasteiger partial charge in [0, 0.05) is 19.0 Å². The molecule has 0 saturated carbocycles. The summed E-state index contributed by atoms with van der Waals surface area (Å²) in [6, 6.07) is 9.03. The average molecular weight is 260 g/mol. The lowest BCUT2D eigenvalue weighted by atomic mass is 10.1. The molecule has 0 radical (unpaired) electrons. The van der Waals surface area contributed by atoms with Crippen molar-refractivity contribution in [3.63, 3.8) is 0 Å². The lowest BCUT2D eigenvalue weighted by Gasteiger charge is -2.16. The molecule has 100 valence electrons. The standard InChI is InChI=1S/C13H16N4O2/c1-17(6-7-18)13(19)12-8-11(16-14)9-4-2-3-5-10(9)15-12/h2-5,8,18H,6-7,14H2,1H3,(H,15,16). The zero-order chi connectivity index (χ0) is 13.8. The van der Waals surface area contributed by atoms with Gasteiger partial charge in [-0.05, 0) is 12.1 Å². The topological polar surface area (TPSA) is 91.5 Å². The Morgan fingerprint density at radius 2 is 2.21 bits per heavy atom. The van der Waals surface area contributed by atoms with Gasteiger partial charge in [0.05, 0.1) is 17.8 Å². The monoisotopic (exact) mass is 260 g/mol.